The van der Waals surface area contributed by atoms with Crippen LogP contribution in [0.2, 0.25) is 5.02 Å². The molecule has 5 nitrogen and oxygen atoms in total. The Hall–Kier alpha value is -2.34. The molecule has 1 aliphatic heterocycles. The van der Waals surface area contributed by atoms with Crippen LogP contribution in [0.4, 0.5) is 10.1 Å². The van der Waals surface area contributed by atoms with Crippen LogP contribution >= 0.6 is 11.6 Å². The lowest BCUT2D eigenvalue weighted by Crippen LogP contribution is -2.34. The van der Waals surface area contributed by atoms with Gasteiger partial charge in [-0.25, -0.2) is 4.39 Å². The molecule has 1 unspecified atom stereocenters. The molecule has 1 N–H and O–H groups in total. The van der Waals surface area contributed by atoms with E-state index in [1.165, 1.54) is 23.1 Å². The molecule has 0 aliphatic carbocycles. The summed E-state index contributed by atoms with van der Waals surface area (Å²) >= 11 is 5.76. The molecule has 0 spiro atoms. The zero-order valence-electron chi connectivity index (χ0n) is 12.9. The average molecular weight is 350 g/mol. The van der Waals surface area contributed by atoms with Gasteiger partial charge in [-0.3, -0.25) is 9.59 Å². The van der Waals surface area contributed by atoms with Crippen LogP contribution in [0.5, 0.6) is 0 Å². The molecule has 2 heterocycles. The first-order chi connectivity index (χ1) is 11.5. The Morgan fingerprint density at radius 1 is 1.33 bits per heavy atom. The molecule has 1 atom stereocenters. The number of hydrogen-bond acceptors (Lipinski definition) is 2. The minimum Gasteiger partial charge on any atom is -0.354 e. The number of rotatable bonds is 5. The van der Waals surface area contributed by atoms with E-state index < -0.39 is 11.7 Å². The maximum absolute atomic E-state index is 13.2. The Morgan fingerprint density at radius 2 is 2.08 bits per heavy atom. The number of carbonyl (C=O) groups excluding carboxylic acids is 2. The van der Waals surface area contributed by atoms with Crippen molar-refractivity contribution in [3.63, 3.8) is 0 Å². The summed E-state index contributed by atoms with van der Waals surface area (Å²) in [5, 5.41) is 2.81. The third-order valence-electron chi connectivity index (χ3n) is 4.05. The normalized spacial score (nSPS) is 17.3. The molecule has 24 heavy (non-hydrogen) atoms. The molecule has 0 saturated carbocycles. The van der Waals surface area contributed by atoms with E-state index in [1.807, 2.05) is 29.1 Å². The van der Waals surface area contributed by atoms with E-state index in [9.17, 15) is 14.0 Å². The van der Waals surface area contributed by atoms with Gasteiger partial charge in [-0.05, 0) is 30.3 Å². The zero-order chi connectivity index (χ0) is 17.1. The van der Waals surface area contributed by atoms with Crippen LogP contribution in [0.15, 0.2) is 42.7 Å². The fourth-order valence-corrected chi connectivity index (χ4v) is 2.93. The Morgan fingerprint density at radius 3 is 2.79 bits per heavy atom. The Bertz CT molecular complexity index is 748. The van der Waals surface area contributed by atoms with Crippen molar-refractivity contribution in [1.82, 2.24) is 9.88 Å². The number of anilines is 1. The number of amides is 2. The van der Waals surface area contributed by atoms with Crippen LogP contribution in [0, 0.1) is 11.7 Å². The van der Waals surface area contributed by atoms with Crippen LogP contribution < -0.4 is 10.2 Å². The van der Waals surface area contributed by atoms with E-state index in [0.29, 0.717) is 18.8 Å². The van der Waals surface area contributed by atoms with Crippen LogP contribution in [-0.4, -0.2) is 29.5 Å². The molecule has 0 radical (unpaired) electrons. The second kappa shape index (κ2) is 7.05. The first-order valence-electron chi connectivity index (χ1n) is 7.68. The Labute approximate surface area is 144 Å². The van der Waals surface area contributed by atoms with E-state index in [4.69, 9.17) is 11.6 Å². The highest BCUT2D eigenvalue weighted by Gasteiger charge is 2.35. The van der Waals surface area contributed by atoms with Crippen molar-refractivity contribution in [2.24, 2.45) is 5.92 Å². The predicted molar refractivity (Wildman–Crippen MR) is 89.3 cm³/mol. The number of halogens is 2. The van der Waals surface area contributed by atoms with E-state index in [-0.39, 0.29) is 29.8 Å². The fraction of sp³-hybridized carbons (Fsp3) is 0.294. The molecule has 1 fully saturated rings. The Kier molecular flexibility index (Phi) is 4.85. The number of benzene rings is 1. The Balaban J connectivity index is 1.57. The second-order valence-electron chi connectivity index (χ2n) is 5.72. The van der Waals surface area contributed by atoms with Crippen molar-refractivity contribution in [3.8, 4) is 0 Å². The summed E-state index contributed by atoms with van der Waals surface area (Å²) in [6.45, 7) is 1.45. The number of carbonyl (C=O) groups is 2. The molecule has 1 aromatic heterocycles. The van der Waals surface area contributed by atoms with Crippen molar-refractivity contribution in [3.05, 3.63) is 53.6 Å². The largest absolute Gasteiger partial charge is 0.354 e. The summed E-state index contributed by atoms with van der Waals surface area (Å²) in [4.78, 5) is 25.9. The molecule has 126 valence electrons. The van der Waals surface area contributed by atoms with E-state index in [0.717, 1.165) is 0 Å². The molecule has 0 bridgehead atoms. The first-order valence-corrected chi connectivity index (χ1v) is 8.06. The smallest absolute Gasteiger partial charge is 0.227 e. The molecule has 1 aromatic carbocycles. The maximum atomic E-state index is 13.2. The quantitative estimate of drug-likeness (QED) is 0.901. The lowest BCUT2D eigenvalue weighted by atomic mass is 10.1. The van der Waals surface area contributed by atoms with Gasteiger partial charge in [-0.15, -0.1) is 0 Å². The van der Waals surface area contributed by atoms with E-state index in [1.54, 1.807) is 0 Å². The highest BCUT2D eigenvalue weighted by atomic mass is 35.5. The molecule has 2 amide bonds. The van der Waals surface area contributed by atoms with Gasteiger partial charge in [0.1, 0.15) is 5.82 Å². The van der Waals surface area contributed by atoms with Crippen molar-refractivity contribution in [2.75, 3.05) is 18.0 Å². The number of hydrogen-bond donors (Lipinski definition) is 1. The predicted octanol–water partition coefficient (Wildman–Crippen LogP) is 2.45. The molecule has 7 heteroatoms. The topological polar surface area (TPSA) is 54.3 Å². The third kappa shape index (κ3) is 3.59. The van der Waals surface area contributed by atoms with E-state index in [2.05, 4.69) is 5.32 Å². The van der Waals surface area contributed by atoms with Crippen LogP contribution in [0.1, 0.15) is 6.42 Å². The highest BCUT2D eigenvalue weighted by Crippen LogP contribution is 2.28. The lowest BCUT2D eigenvalue weighted by molar-refractivity contribution is -0.126. The van der Waals surface area contributed by atoms with Gasteiger partial charge in [0.15, 0.2) is 0 Å². The first kappa shape index (κ1) is 16.5. The summed E-state index contributed by atoms with van der Waals surface area (Å²) in [5.74, 6) is -1.26. The van der Waals surface area contributed by atoms with Gasteiger partial charge in [0.25, 0.3) is 0 Å². The van der Waals surface area contributed by atoms with Gasteiger partial charge in [-0.2, -0.15) is 0 Å². The minimum atomic E-state index is -0.536. The van der Waals surface area contributed by atoms with E-state index >= 15 is 0 Å². The summed E-state index contributed by atoms with van der Waals surface area (Å²) in [6.07, 6.45) is 3.99. The lowest BCUT2D eigenvalue weighted by Gasteiger charge is -2.17. The van der Waals surface area contributed by atoms with Crippen LogP contribution in [-0.2, 0) is 16.1 Å². The molecule has 1 aliphatic rings. The molecule has 2 aromatic rings. The fourth-order valence-electron chi connectivity index (χ4n) is 2.76. The van der Waals surface area contributed by atoms with Crippen molar-refractivity contribution >= 4 is 29.1 Å². The molecular weight excluding hydrogens is 333 g/mol. The third-order valence-corrected chi connectivity index (χ3v) is 4.34. The van der Waals surface area contributed by atoms with Gasteiger partial charge in [0, 0.05) is 44.1 Å². The second-order valence-corrected chi connectivity index (χ2v) is 6.12. The van der Waals surface area contributed by atoms with Crippen molar-refractivity contribution in [1.29, 1.82) is 0 Å². The number of aromatic nitrogens is 1. The van der Waals surface area contributed by atoms with Gasteiger partial charge >= 0.3 is 0 Å². The maximum Gasteiger partial charge on any atom is 0.227 e. The average Bonchev–Trinajstić information content (AvgIpc) is 3.20. The molecular formula is C17H17ClFN3O2. The van der Waals surface area contributed by atoms with Crippen molar-refractivity contribution in [2.45, 2.75) is 13.0 Å². The summed E-state index contributed by atoms with van der Waals surface area (Å²) in [5.41, 5.74) is 0.508. The monoisotopic (exact) mass is 349 g/mol. The summed E-state index contributed by atoms with van der Waals surface area (Å²) in [6, 6.07) is 7.95. The van der Waals surface area contributed by atoms with Crippen LogP contribution in [0.3, 0.4) is 0 Å². The van der Waals surface area contributed by atoms with Gasteiger partial charge in [0.2, 0.25) is 11.8 Å². The molecule has 1 saturated heterocycles. The van der Waals surface area contributed by atoms with Crippen LogP contribution in [0.25, 0.3) is 0 Å². The van der Waals surface area contributed by atoms with Crippen molar-refractivity contribution < 1.29 is 14.0 Å². The number of nitrogens with one attached hydrogen (secondary N) is 1. The summed E-state index contributed by atoms with van der Waals surface area (Å²) < 4.78 is 15.2. The minimum absolute atomic E-state index is 0.0417. The van der Waals surface area contributed by atoms with Gasteiger partial charge < -0.3 is 14.8 Å². The zero-order valence-corrected chi connectivity index (χ0v) is 13.7. The van der Waals surface area contributed by atoms with Gasteiger partial charge in [0.05, 0.1) is 10.9 Å². The summed E-state index contributed by atoms with van der Waals surface area (Å²) in [7, 11) is 0. The molecule has 3 rings (SSSR count). The SMILES string of the molecule is O=C(NCCn1cccc1)C1CC(=O)N(c2ccc(F)c(Cl)c2)C1. The highest BCUT2D eigenvalue weighted by molar-refractivity contribution is 6.31. The standard InChI is InChI=1S/C17H17ClFN3O2/c18-14-10-13(3-4-15(14)19)22-11-12(9-16(22)23)17(24)20-5-8-21-6-1-2-7-21/h1-4,6-7,10,12H,5,8-9,11H2,(H,20,24). The number of nitrogens with zero attached hydrogens (tertiary/aromatic N) is 2. The van der Waals surface area contributed by atoms with Gasteiger partial charge in [-0.1, -0.05) is 11.6 Å².